The zero-order valence-corrected chi connectivity index (χ0v) is 10.9. The van der Waals surface area contributed by atoms with Crippen molar-refractivity contribution in [1.82, 2.24) is 9.61 Å². The number of aromatic nitrogens is 2. The fraction of sp³-hybridized carbons (Fsp3) is 0.133. The predicted molar refractivity (Wildman–Crippen MR) is 71.9 cm³/mol. The van der Waals surface area contributed by atoms with Gasteiger partial charge in [0.15, 0.2) is 11.5 Å². The molecule has 3 heterocycles. The molecule has 0 N–H and O–H groups in total. The maximum atomic E-state index is 12.2. The van der Waals surface area contributed by atoms with Gasteiger partial charge in [0.25, 0.3) is 0 Å². The monoisotopic (exact) mass is 268 g/mol. The fourth-order valence-corrected chi connectivity index (χ4v) is 2.06. The van der Waals surface area contributed by atoms with Gasteiger partial charge in [0, 0.05) is 6.20 Å². The van der Waals surface area contributed by atoms with E-state index in [9.17, 15) is 9.59 Å². The lowest BCUT2D eigenvalue weighted by atomic mass is 10.1. The van der Waals surface area contributed by atoms with Gasteiger partial charge < -0.3 is 4.42 Å². The molecule has 0 saturated heterocycles. The van der Waals surface area contributed by atoms with Gasteiger partial charge in [0.2, 0.25) is 5.78 Å². The van der Waals surface area contributed by atoms with Gasteiger partial charge in [-0.25, -0.2) is 4.52 Å². The number of carbonyl (C=O) groups excluding carboxylic acids is 2. The van der Waals surface area contributed by atoms with Gasteiger partial charge in [-0.3, -0.25) is 9.59 Å². The SMILES string of the molecule is Cc1ccc(C(=O)CC(=O)c2cnn3ccccc23)o1. The molecular formula is C15H12N2O3. The molecule has 0 aliphatic rings. The van der Waals surface area contributed by atoms with Gasteiger partial charge in [-0.2, -0.15) is 5.10 Å². The number of aryl methyl sites for hydroxylation is 1. The minimum absolute atomic E-state index is 0.215. The Kier molecular flexibility index (Phi) is 2.95. The van der Waals surface area contributed by atoms with E-state index in [4.69, 9.17) is 4.42 Å². The number of Topliss-reactive ketones (excluding diaryl/α,β-unsaturated/α-hetero) is 2. The Morgan fingerprint density at radius 3 is 2.80 bits per heavy atom. The van der Waals surface area contributed by atoms with Crippen molar-refractivity contribution in [3.8, 4) is 0 Å². The first-order valence-corrected chi connectivity index (χ1v) is 6.20. The van der Waals surface area contributed by atoms with E-state index in [2.05, 4.69) is 5.10 Å². The van der Waals surface area contributed by atoms with Gasteiger partial charge in [-0.1, -0.05) is 6.07 Å². The molecule has 3 rings (SSSR count). The first-order valence-electron chi connectivity index (χ1n) is 6.20. The Hall–Kier alpha value is -2.69. The Bertz CT molecular complexity index is 798. The first-order chi connectivity index (χ1) is 9.65. The third-order valence-electron chi connectivity index (χ3n) is 3.06. The number of pyridine rings is 1. The molecule has 0 spiro atoms. The number of fused-ring (bicyclic) bond motifs is 1. The van der Waals surface area contributed by atoms with Crippen LogP contribution in [0, 0.1) is 6.92 Å². The molecular weight excluding hydrogens is 256 g/mol. The minimum Gasteiger partial charge on any atom is -0.458 e. The maximum absolute atomic E-state index is 12.2. The quantitative estimate of drug-likeness (QED) is 0.539. The maximum Gasteiger partial charge on any atom is 0.205 e. The van der Waals surface area contributed by atoms with E-state index in [1.165, 1.54) is 6.20 Å². The van der Waals surface area contributed by atoms with Crippen molar-refractivity contribution >= 4 is 17.1 Å². The molecule has 0 saturated carbocycles. The summed E-state index contributed by atoms with van der Waals surface area (Å²) < 4.78 is 6.83. The van der Waals surface area contributed by atoms with Gasteiger partial charge >= 0.3 is 0 Å². The van der Waals surface area contributed by atoms with Gasteiger partial charge in [-0.15, -0.1) is 0 Å². The van der Waals surface area contributed by atoms with Crippen LogP contribution in [0.3, 0.4) is 0 Å². The van der Waals surface area contributed by atoms with E-state index in [1.54, 1.807) is 35.8 Å². The lowest BCUT2D eigenvalue weighted by molar-refractivity contribution is 0.0878. The first kappa shape index (κ1) is 12.3. The lowest BCUT2D eigenvalue weighted by Gasteiger charge is -1.98. The zero-order valence-electron chi connectivity index (χ0n) is 10.9. The molecule has 100 valence electrons. The Labute approximate surface area is 114 Å². The van der Waals surface area contributed by atoms with Gasteiger partial charge in [0.1, 0.15) is 5.76 Å². The van der Waals surface area contributed by atoms with Crippen LogP contribution < -0.4 is 0 Å². The van der Waals surface area contributed by atoms with Crippen LogP contribution in [0.15, 0.2) is 47.1 Å². The van der Waals surface area contributed by atoms with Crippen LogP contribution in [-0.4, -0.2) is 21.2 Å². The number of nitrogens with zero attached hydrogens (tertiary/aromatic N) is 2. The molecule has 0 atom stereocenters. The van der Waals surface area contributed by atoms with Crippen molar-refractivity contribution in [3.63, 3.8) is 0 Å². The highest BCUT2D eigenvalue weighted by Crippen LogP contribution is 2.15. The molecule has 5 heteroatoms. The Balaban J connectivity index is 1.84. The van der Waals surface area contributed by atoms with E-state index in [0.717, 1.165) is 0 Å². The van der Waals surface area contributed by atoms with Crippen molar-refractivity contribution in [2.45, 2.75) is 13.3 Å². The largest absolute Gasteiger partial charge is 0.458 e. The van der Waals surface area contributed by atoms with E-state index < -0.39 is 0 Å². The highest BCUT2D eigenvalue weighted by atomic mass is 16.3. The molecule has 0 aromatic carbocycles. The molecule has 0 bridgehead atoms. The molecule has 0 radical (unpaired) electrons. The Morgan fingerprint density at radius 1 is 1.20 bits per heavy atom. The molecule has 0 fully saturated rings. The van der Waals surface area contributed by atoms with Gasteiger partial charge in [0.05, 0.1) is 23.7 Å². The summed E-state index contributed by atoms with van der Waals surface area (Å²) in [5, 5.41) is 4.08. The fourth-order valence-electron chi connectivity index (χ4n) is 2.06. The zero-order chi connectivity index (χ0) is 14.1. The average molecular weight is 268 g/mol. The third kappa shape index (κ3) is 2.14. The van der Waals surface area contributed by atoms with E-state index in [0.29, 0.717) is 16.8 Å². The average Bonchev–Trinajstić information content (AvgIpc) is 3.04. The van der Waals surface area contributed by atoms with Crippen LogP contribution in [0.1, 0.15) is 33.1 Å². The van der Waals surface area contributed by atoms with Crippen LogP contribution in [0.4, 0.5) is 0 Å². The minimum atomic E-state index is -0.321. The summed E-state index contributed by atoms with van der Waals surface area (Å²) in [6.45, 7) is 1.75. The van der Waals surface area contributed by atoms with E-state index in [1.807, 2.05) is 12.1 Å². The summed E-state index contributed by atoms with van der Waals surface area (Å²) in [4.78, 5) is 24.2. The summed E-state index contributed by atoms with van der Waals surface area (Å²) in [5.74, 6) is 0.285. The van der Waals surface area contributed by atoms with Crippen LogP contribution >= 0.6 is 0 Å². The molecule has 0 aliphatic heterocycles. The molecule has 0 unspecified atom stereocenters. The van der Waals surface area contributed by atoms with Crippen LogP contribution in [0.2, 0.25) is 0 Å². The van der Waals surface area contributed by atoms with E-state index >= 15 is 0 Å². The third-order valence-corrected chi connectivity index (χ3v) is 3.06. The van der Waals surface area contributed by atoms with Crippen molar-refractivity contribution in [2.24, 2.45) is 0 Å². The van der Waals surface area contributed by atoms with Gasteiger partial charge in [-0.05, 0) is 31.2 Å². The van der Waals surface area contributed by atoms with Crippen LogP contribution in [0.25, 0.3) is 5.52 Å². The van der Waals surface area contributed by atoms with Crippen molar-refractivity contribution in [1.29, 1.82) is 0 Å². The van der Waals surface area contributed by atoms with Crippen LogP contribution in [-0.2, 0) is 0 Å². The van der Waals surface area contributed by atoms with Crippen LogP contribution in [0.5, 0.6) is 0 Å². The summed E-state index contributed by atoms with van der Waals surface area (Å²) in [7, 11) is 0. The molecule has 3 aromatic heterocycles. The number of carbonyl (C=O) groups is 2. The smallest absolute Gasteiger partial charge is 0.205 e. The molecule has 0 amide bonds. The number of furan rings is 1. The summed E-state index contributed by atoms with van der Waals surface area (Å²) in [6, 6.07) is 8.73. The standard InChI is InChI=1S/C15H12N2O3/c1-10-5-6-15(20-10)14(19)8-13(18)11-9-16-17-7-3-2-4-12(11)17/h2-7,9H,8H2,1H3. The van der Waals surface area contributed by atoms with Crippen molar-refractivity contribution in [3.05, 3.63) is 59.8 Å². The summed E-state index contributed by atoms with van der Waals surface area (Å²) >= 11 is 0. The number of hydrogen-bond acceptors (Lipinski definition) is 4. The number of ketones is 2. The molecule has 20 heavy (non-hydrogen) atoms. The second-order valence-corrected chi connectivity index (χ2v) is 4.52. The second-order valence-electron chi connectivity index (χ2n) is 4.52. The molecule has 0 aliphatic carbocycles. The lowest BCUT2D eigenvalue weighted by Crippen LogP contribution is -2.07. The van der Waals surface area contributed by atoms with Crippen molar-refractivity contribution in [2.75, 3.05) is 0 Å². The molecule has 5 nitrogen and oxygen atoms in total. The Morgan fingerprint density at radius 2 is 2.05 bits per heavy atom. The number of rotatable bonds is 4. The number of hydrogen-bond donors (Lipinski definition) is 0. The summed E-state index contributed by atoms with van der Waals surface area (Å²) in [6.07, 6.45) is 3.02. The highest BCUT2D eigenvalue weighted by Gasteiger charge is 2.19. The summed E-state index contributed by atoms with van der Waals surface area (Å²) in [5.41, 5.74) is 1.14. The normalized spacial score (nSPS) is 10.8. The van der Waals surface area contributed by atoms with Crippen molar-refractivity contribution < 1.29 is 14.0 Å². The topological polar surface area (TPSA) is 64.6 Å². The molecule has 3 aromatic rings. The van der Waals surface area contributed by atoms with E-state index in [-0.39, 0.29) is 23.7 Å². The predicted octanol–water partition coefficient (Wildman–Crippen LogP) is 2.69. The highest BCUT2D eigenvalue weighted by molar-refractivity contribution is 6.14. The second kappa shape index (κ2) is 4.77.